The van der Waals surface area contributed by atoms with Crippen molar-refractivity contribution in [2.45, 2.75) is 6.04 Å². The van der Waals surface area contributed by atoms with Gasteiger partial charge in [0.2, 0.25) is 0 Å². The van der Waals surface area contributed by atoms with Gasteiger partial charge in [-0.2, -0.15) is 0 Å². The molecule has 4 N–H and O–H groups in total. The second-order valence-corrected chi connectivity index (χ2v) is 5.39. The summed E-state index contributed by atoms with van der Waals surface area (Å²) in [4.78, 5) is 12.1. The monoisotopic (exact) mass is 288 g/mol. The van der Waals surface area contributed by atoms with E-state index in [1.807, 2.05) is 12.2 Å². The lowest BCUT2D eigenvalue weighted by Gasteiger charge is -2.04. The van der Waals surface area contributed by atoms with Crippen molar-refractivity contribution in [1.29, 1.82) is 0 Å². The van der Waals surface area contributed by atoms with Crippen LogP contribution >= 0.6 is 11.8 Å². The number of nitrogens with two attached hydrogens (primary N) is 1. The van der Waals surface area contributed by atoms with E-state index in [2.05, 4.69) is 11.9 Å². The van der Waals surface area contributed by atoms with Crippen molar-refractivity contribution in [3.63, 3.8) is 0 Å². The van der Waals surface area contributed by atoms with Gasteiger partial charge in [0.05, 0.1) is 16.8 Å². The van der Waals surface area contributed by atoms with Gasteiger partial charge in [0.1, 0.15) is 5.75 Å². The number of hydrogen-bond acceptors (Lipinski definition) is 5. The molecule has 1 saturated heterocycles. The first-order valence-corrected chi connectivity index (χ1v) is 7.12. The van der Waals surface area contributed by atoms with Crippen molar-refractivity contribution >= 4 is 23.2 Å². The van der Waals surface area contributed by atoms with E-state index >= 15 is 0 Å². The summed E-state index contributed by atoms with van der Waals surface area (Å²) in [6.07, 6.45) is 7.16. The van der Waals surface area contributed by atoms with E-state index in [9.17, 15) is 9.90 Å². The summed E-state index contributed by atoms with van der Waals surface area (Å²) < 4.78 is 0. The lowest BCUT2D eigenvalue weighted by molar-refractivity contribution is 0.104. The highest BCUT2D eigenvalue weighted by Crippen LogP contribution is 2.25. The summed E-state index contributed by atoms with van der Waals surface area (Å²) in [5, 5.41) is 13.4. The second kappa shape index (κ2) is 6.34. The molecule has 1 unspecified atom stereocenters. The van der Waals surface area contributed by atoms with Crippen LogP contribution in [0.15, 0.2) is 54.1 Å². The number of benzene rings is 1. The van der Waals surface area contributed by atoms with Gasteiger partial charge >= 0.3 is 0 Å². The zero-order chi connectivity index (χ0) is 14.5. The zero-order valence-electron chi connectivity index (χ0n) is 10.9. The van der Waals surface area contributed by atoms with Gasteiger partial charge in [0, 0.05) is 17.4 Å². The van der Waals surface area contributed by atoms with Crippen molar-refractivity contribution in [2.24, 2.45) is 0 Å². The highest BCUT2D eigenvalue weighted by atomic mass is 32.2. The molecule has 1 fully saturated rings. The summed E-state index contributed by atoms with van der Waals surface area (Å²) in [5.74, 6) is 0.721. The highest BCUT2D eigenvalue weighted by Gasteiger charge is 2.17. The number of aromatic hydroxyl groups is 1. The third-order valence-electron chi connectivity index (χ3n) is 2.80. The molecule has 1 aromatic rings. The quantitative estimate of drug-likeness (QED) is 0.261. The number of thioether (sulfide) groups is 1. The van der Waals surface area contributed by atoms with Crippen LogP contribution in [0.4, 0.5) is 5.69 Å². The Kier molecular flexibility index (Phi) is 4.53. The number of allylic oxidation sites excluding steroid dienone is 3. The van der Waals surface area contributed by atoms with Gasteiger partial charge in [-0.05, 0) is 18.2 Å². The van der Waals surface area contributed by atoms with Crippen molar-refractivity contribution in [3.05, 3.63) is 59.7 Å². The van der Waals surface area contributed by atoms with Crippen LogP contribution in [0.1, 0.15) is 10.4 Å². The molecule has 0 saturated carbocycles. The summed E-state index contributed by atoms with van der Waals surface area (Å²) in [7, 11) is 0. The first kappa shape index (κ1) is 14.3. The van der Waals surface area contributed by atoms with Gasteiger partial charge in [-0.3, -0.25) is 4.79 Å². The van der Waals surface area contributed by atoms with Gasteiger partial charge in [0.15, 0.2) is 5.78 Å². The Morgan fingerprint density at radius 3 is 3.05 bits per heavy atom. The predicted molar refractivity (Wildman–Crippen MR) is 83.7 cm³/mol. The molecule has 1 aliphatic heterocycles. The Morgan fingerprint density at radius 1 is 1.55 bits per heavy atom. The van der Waals surface area contributed by atoms with Crippen LogP contribution < -0.4 is 11.1 Å². The fourth-order valence-electron chi connectivity index (χ4n) is 1.76. The van der Waals surface area contributed by atoms with Crippen LogP contribution in [0, 0.1) is 0 Å². The number of carbonyl (C=O) groups excluding carboxylic acids is 1. The molecule has 20 heavy (non-hydrogen) atoms. The van der Waals surface area contributed by atoms with Crippen LogP contribution in [0.3, 0.4) is 0 Å². The van der Waals surface area contributed by atoms with Gasteiger partial charge < -0.3 is 16.2 Å². The number of ketones is 1. The zero-order valence-corrected chi connectivity index (χ0v) is 11.7. The molecule has 1 atom stereocenters. The largest absolute Gasteiger partial charge is 0.506 e. The molecule has 4 nitrogen and oxygen atoms in total. The Balaban J connectivity index is 2.07. The Hall–Kier alpha value is -2.14. The molecule has 0 amide bonds. The number of phenolic OH excluding ortho intramolecular Hbond substituents is 1. The summed E-state index contributed by atoms with van der Waals surface area (Å²) in [6.45, 7) is 3.62. The number of phenols is 1. The normalized spacial score (nSPS) is 20.2. The molecular weight excluding hydrogens is 272 g/mol. The molecule has 1 aliphatic rings. The van der Waals surface area contributed by atoms with E-state index in [0.717, 1.165) is 10.8 Å². The SMILES string of the molecule is C=C/C=C/C1CS/C(=C\C(=O)c2ccc(O)c(N)c2)N1. The average molecular weight is 288 g/mol. The smallest absolute Gasteiger partial charge is 0.188 e. The van der Waals surface area contributed by atoms with E-state index in [1.54, 1.807) is 30.0 Å². The van der Waals surface area contributed by atoms with Crippen LogP contribution in [0.2, 0.25) is 0 Å². The van der Waals surface area contributed by atoms with Crippen LogP contribution in [0.5, 0.6) is 5.75 Å². The van der Waals surface area contributed by atoms with Gasteiger partial charge in [-0.1, -0.05) is 24.8 Å². The second-order valence-electron chi connectivity index (χ2n) is 4.33. The maximum absolute atomic E-state index is 12.1. The highest BCUT2D eigenvalue weighted by molar-refractivity contribution is 8.03. The standard InChI is InChI=1S/C15H16N2O2S/c1-2-3-4-11-9-20-15(17-11)8-14(19)10-5-6-13(18)12(16)7-10/h2-8,11,17-18H,1,9,16H2/b4-3+,15-8-. The molecule has 5 heteroatoms. The van der Waals surface area contributed by atoms with Crippen LogP contribution in [-0.4, -0.2) is 22.7 Å². The van der Waals surface area contributed by atoms with E-state index in [0.29, 0.717) is 5.56 Å². The molecular formula is C15H16N2O2S. The Morgan fingerprint density at radius 2 is 2.35 bits per heavy atom. The third kappa shape index (κ3) is 3.45. The number of anilines is 1. The Labute approximate surface area is 122 Å². The minimum absolute atomic E-state index is 0.0165. The fraction of sp³-hybridized carbons (Fsp3) is 0.133. The maximum Gasteiger partial charge on any atom is 0.188 e. The van der Waals surface area contributed by atoms with Crippen LogP contribution in [0.25, 0.3) is 0 Å². The van der Waals surface area contributed by atoms with E-state index in [-0.39, 0.29) is 23.3 Å². The van der Waals surface area contributed by atoms with Crippen molar-refractivity contribution in [1.82, 2.24) is 5.32 Å². The van der Waals surface area contributed by atoms with Gasteiger partial charge in [-0.15, -0.1) is 11.8 Å². The fourth-order valence-corrected chi connectivity index (χ4v) is 2.73. The van der Waals surface area contributed by atoms with E-state index in [4.69, 9.17) is 5.73 Å². The minimum Gasteiger partial charge on any atom is -0.506 e. The molecule has 1 heterocycles. The molecule has 0 aliphatic carbocycles. The molecule has 104 valence electrons. The maximum atomic E-state index is 12.1. The van der Waals surface area contributed by atoms with Crippen molar-refractivity contribution in [3.8, 4) is 5.75 Å². The van der Waals surface area contributed by atoms with Gasteiger partial charge in [-0.25, -0.2) is 0 Å². The van der Waals surface area contributed by atoms with Gasteiger partial charge in [0.25, 0.3) is 0 Å². The number of carbonyl (C=O) groups is 1. The summed E-state index contributed by atoms with van der Waals surface area (Å²) >= 11 is 1.59. The topological polar surface area (TPSA) is 75.3 Å². The van der Waals surface area contributed by atoms with Crippen molar-refractivity contribution < 1.29 is 9.90 Å². The molecule has 0 bridgehead atoms. The van der Waals surface area contributed by atoms with E-state index < -0.39 is 0 Å². The first-order chi connectivity index (χ1) is 9.60. The predicted octanol–water partition coefficient (Wildman–Crippen LogP) is 2.45. The number of rotatable bonds is 4. The lowest BCUT2D eigenvalue weighted by Crippen LogP contribution is -2.20. The first-order valence-electron chi connectivity index (χ1n) is 6.13. The van der Waals surface area contributed by atoms with Crippen LogP contribution in [-0.2, 0) is 0 Å². The number of hydrogen-bond donors (Lipinski definition) is 3. The molecule has 0 aromatic heterocycles. The summed E-state index contributed by atoms with van der Waals surface area (Å²) in [6, 6.07) is 4.66. The number of nitrogens with one attached hydrogen (secondary N) is 1. The third-order valence-corrected chi connectivity index (χ3v) is 3.87. The molecule has 1 aromatic carbocycles. The lowest BCUT2D eigenvalue weighted by atomic mass is 10.1. The Bertz CT molecular complexity index is 594. The molecule has 2 rings (SSSR count). The summed E-state index contributed by atoms with van der Waals surface area (Å²) in [5.41, 5.74) is 6.24. The minimum atomic E-state index is -0.139. The number of nitrogen functional groups attached to an aromatic ring is 1. The average Bonchev–Trinajstić information content (AvgIpc) is 2.87. The molecule has 0 spiro atoms. The molecule has 0 radical (unpaired) electrons. The van der Waals surface area contributed by atoms with E-state index in [1.165, 1.54) is 12.1 Å². The van der Waals surface area contributed by atoms with Crippen molar-refractivity contribution in [2.75, 3.05) is 11.5 Å².